The van der Waals surface area contributed by atoms with Crippen molar-refractivity contribution in [2.75, 3.05) is 24.6 Å². The van der Waals surface area contributed by atoms with Gasteiger partial charge in [-0.1, -0.05) is 26.0 Å². The van der Waals surface area contributed by atoms with Crippen LogP contribution in [-0.2, 0) is 4.79 Å². The zero-order valence-corrected chi connectivity index (χ0v) is 11.6. The monoisotopic (exact) mass is 262 g/mol. The number of benzene rings is 1. The Kier molecular flexibility index (Phi) is 4.43. The van der Waals surface area contributed by atoms with Crippen LogP contribution < -0.4 is 15.4 Å². The van der Waals surface area contributed by atoms with E-state index >= 15 is 0 Å². The molecule has 0 spiro atoms. The molecule has 104 valence electrons. The summed E-state index contributed by atoms with van der Waals surface area (Å²) >= 11 is 0. The number of hydrogen-bond donors (Lipinski definition) is 1. The highest BCUT2D eigenvalue weighted by Gasteiger charge is 2.28. The van der Waals surface area contributed by atoms with Gasteiger partial charge in [-0.15, -0.1) is 0 Å². The molecule has 1 amide bonds. The Balaban J connectivity index is 2.20. The molecule has 0 fully saturated rings. The minimum atomic E-state index is -0.105. The minimum Gasteiger partial charge on any atom is -0.490 e. The molecule has 2 N–H and O–H groups in total. The number of hydrogen-bond acceptors (Lipinski definition) is 3. The maximum atomic E-state index is 12.6. The molecule has 0 aliphatic carbocycles. The molecule has 1 aliphatic heterocycles. The standard InChI is InChI=1S/C15H22N2O2/c1-11(2)9-12(10-16)15(18)17-7-8-19-14-6-4-3-5-13(14)17/h3-6,11-12H,7-10,16H2,1-2H3. The van der Waals surface area contributed by atoms with E-state index in [-0.39, 0.29) is 11.8 Å². The van der Waals surface area contributed by atoms with Gasteiger partial charge < -0.3 is 15.4 Å². The summed E-state index contributed by atoms with van der Waals surface area (Å²) in [5, 5.41) is 0. The van der Waals surface area contributed by atoms with Gasteiger partial charge in [-0.3, -0.25) is 4.79 Å². The molecule has 1 aromatic carbocycles. The first-order valence-electron chi connectivity index (χ1n) is 6.86. The lowest BCUT2D eigenvalue weighted by molar-refractivity contribution is -0.122. The molecule has 1 atom stereocenters. The molecule has 4 heteroatoms. The third kappa shape index (κ3) is 3.07. The van der Waals surface area contributed by atoms with Gasteiger partial charge in [0.1, 0.15) is 12.4 Å². The molecular weight excluding hydrogens is 240 g/mol. The van der Waals surface area contributed by atoms with Crippen molar-refractivity contribution in [1.82, 2.24) is 0 Å². The second-order valence-electron chi connectivity index (χ2n) is 5.37. The highest BCUT2D eigenvalue weighted by atomic mass is 16.5. The molecule has 1 unspecified atom stereocenters. The number of amides is 1. The summed E-state index contributed by atoms with van der Waals surface area (Å²) in [5.74, 6) is 1.26. The third-order valence-electron chi connectivity index (χ3n) is 3.38. The van der Waals surface area contributed by atoms with Crippen molar-refractivity contribution in [2.45, 2.75) is 20.3 Å². The van der Waals surface area contributed by atoms with E-state index < -0.39 is 0 Å². The average molecular weight is 262 g/mol. The number of carbonyl (C=O) groups excluding carboxylic acids is 1. The van der Waals surface area contributed by atoms with Gasteiger partial charge in [0, 0.05) is 6.54 Å². The Morgan fingerprint density at radius 3 is 2.84 bits per heavy atom. The van der Waals surface area contributed by atoms with Gasteiger partial charge in [0.05, 0.1) is 18.2 Å². The average Bonchev–Trinajstić information content (AvgIpc) is 2.43. The summed E-state index contributed by atoms with van der Waals surface area (Å²) in [4.78, 5) is 14.4. The van der Waals surface area contributed by atoms with Gasteiger partial charge >= 0.3 is 0 Å². The van der Waals surface area contributed by atoms with Crippen LogP contribution in [-0.4, -0.2) is 25.6 Å². The molecule has 0 saturated heterocycles. The highest BCUT2D eigenvalue weighted by molar-refractivity contribution is 5.97. The number of rotatable bonds is 4. The Labute approximate surface area is 114 Å². The lowest BCUT2D eigenvalue weighted by Crippen LogP contribution is -2.43. The predicted octanol–water partition coefficient (Wildman–Crippen LogP) is 2.03. The topological polar surface area (TPSA) is 55.6 Å². The van der Waals surface area contributed by atoms with Gasteiger partial charge in [0.25, 0.3) is 0 Å². The van der Waals surface area contributed by atoms with Crippen LogP contribution in [0.2, 0.25) is 0 Å². The Morgan fingerprint density at radius 1 is 1.42 bits per heavy atom. The highest BCUT2D eigenvalue weighted by Crippen LogP contribution is 2.32. The van der Waals surface area contributed by atoms with Gasteiger partial charge in [-0.05, 0) is 24.5 Å². The normalized spacial score (nSPS) is 15.9. The molecule has 19 heavy (non-hydrogen) atoms. The van der Waals surface area contributed by atoms with Crippen LogP contribution >= 0.6 is 0 Å². The predicted molar refractivity (Wildman–Crippen MR) is 76.3 cm³/mol. The molecule has 1 aromatic rings. The molecular formula is C15H22N2O2. The summed E-state index contributed by atoms with van der Waals surface area (Å²) in [5.41, 5.74) is 6.63. The smallest absolute Gasteiger partial charge is 0.231 e. The van der Waals surface area contributed by atoms with Crippen molar-refractivity contribution in [2.24, 2.45) is 17.6 Å². The van der Waals surface area contributed by atoms with Crippen molar-refractivity contribution in [3.05, 3.63) is 24.3 Å². The quantitative estimate of drug-likeness (QED) is 0.903. The fraction of sp³-hybridized carbons (Fsp3) is 0.533. The molecule has 4 nitrogen and oxygen atoms in total. The Morgan fingerprint density at radius 2 is 2.16 bits per heavy atom. The summed E-state index contributed by atoms with van der Waals surface area (Å²) in [6.45, 7) is 5.77. The first-order valence-corrected chi connectivity index (χ1v) is 6.86. The maximum Gasteiger partial charge on any atom is 0.231 e. The number of ether oxygens (including phenoxy) is 1. The van der Waals surface area contributed by atoms with Crippen molar-refractivity contribution < 1.29 is 9.53 Å². The molecule has 0 saturated carbocycles. The zero-order valence-electron chi connectivity index (χ0n) is 11.6. The molecule has 0 radical (unpaired) electrons. The largest absolute Gasteiger partial charge is 0.490 e. The number of nitrogens with two attached hydrogens (primary N) is 1. The van der Waals surface area contributed by atoms with Crippen LogP contribution in [0.1, 0.15) is 20.3 Å². The maximum absolute atomic E-state index is 12.6. The zero-order chi connectivity index (χ0) is 13.8. The van der Waals surface area contributed by atoms with E-state index in [1.807, 2.05) is 29.2 Å². The summed E-state index contributed by atoms with van der Waals surface area (Å²) < 4.78 is 5.57. The number of carbonyl (C=O) groups is 1. The Hall–Kier alpha value is -1.55. The van der Waals surface area contributed by atoms with Gasteiger partial charge in [-0.25, -0.2) is 0 Å². The van der Waals surface area contributed by atoms with E-state index in [1.54, 1.807) is 0 Å². The van der Waals surface area contributed by atoms with Crippen molar-refractivity contribution in [3.8, 4) is 5.75 Å². The number of nitrogens with zero attached hydrogens (tertiary/aromatic N) is 1. The molecule has 2 rings (SSSR count). The first-order chi connectivity index (χ1) is 9.13. The summed E-state index contributed by atoms with van der Waals surface area (Å²) in [6, 6.07) is 7.67. The first kappa shape index (κ1) is 13.9. The van der Waals surface area contributed by atoms with Crippen LogP contribution in [0.3, 0.4) is 0 Å². The van der Waals surface area contributed by atoms with Gasteiger partial charge in [0.2, 0.25) is 5.91 Å². The fourth-order valence-electron chi connectivity index (χ4n) is 2.49. The van der Waals surface area contributed by atoms with Gasteiger partial charge in [0.15, 0.2) is 0 Å². The molecule has 0 aromatic heterocycles. The molecule has 1 heterocycles. The Bertz CT molecular complexity index is 446. The van der Waals surface area contributed by atoms with E-state index in [4.69, 9.17) is 10.5 Å². The third-order valence-corrected chi connectivity index (χ3v) is 3.38. The fourth-order valence-corrected chi connectivity index (χ4v) is 2.49. The van der Waals surface area contributed by atoms with E-state index in [2.05, 4.69) is 13.8 Å². The van der Waals surface area contributed by atoms with E-state index in [0.717, 1.165) is 17.9 Å². The minimum absolute atomic E-state index is 0.105. The lowest BCUT2D eigenvalue weighted by atomic mass is 9.95. The van der Waals surface area contributed by atoms with Crippen molar-refractivity contribution in [1.29, 1.82) is 0 Å². The second kappa shape index (κ2) is 6.06. The van der Waals surface area contributed by atoms with Crippen LogP contribution in [0.4, 0.5) is 5.69 Å². The number of anilines is 1. The summed E-state index contributed by atoms with van der Waals surface area (Å²) in [7, 11) is 0. The molecule has 1 aliphatic rings. The van der Waals surface area contributed by atoms with E-state index in [1.165, 1.54) is 0 Å². The van der Waals surface area contributed by atoms with Crippen LogP contribution in [0.25, 0.3) is 0 Å². The SMILES string of the molecule is CC(C)CC(CN)C(=O)N1CCOc2ccccc21. The van der Waals surface area contributed by atoms with Crippen molar-refractivity contribution >= 4 is 11.6 Å². The van der Waals surface area contributed by atoms with Gasteiger partial charge in [-0.2, -0.15) is 0 Å². The molecule has 0 bridgehead atoms. The van der Waals surface area contributed by atoms with E-state index in [0.29, 0.717) is 25.6 Å². The summed E-state index contributed by atoms with van der Waals surface area (Å²) in [6.07, 6.45) is 0.828. The van der Waals surface area contributed by atoms with Crippen LogP contribution in [0.5, 0.6) is 5.75 Å². The van der Waals surface area contributed by atoms with Crippen LogP contribution in [0.15, 0.2) is 24.3 Å². The lowest BCUT2D eigenvalue weighted by Gasteiger charge is -2.32. The second-order valence-corrected chi connectivity index (χ2v) is 5.37. The number of fused-ring (bicyclic) bond motifs is 1. The van der Waals surface area contributed by atoms with E-state index in [9.17, 15) is 4.79 Å². The van der Waals surface area contributed by atoms with Crippen molar-refractivity contribution in [3.63, 3.8) is 0 Å². The number of para-hydroxylation sites is 2. The van der Waals surface area contributed by atoms with Crippen LogP contribution in [0, 0.1) is 11.8 Å².